The third kappa shape index (κ3) is 19.5. The van der Waals surface area contributed by atoms with E-state index in [2.05, 4.69) is 64.8 Å². The number of nitrogens with zero attached hydrogens (tertiary/aromatic N) is 3. The van der Waals surface area contributed by atoms with Gasteiger partial charge in [-0.25, -0.2) is 24.0 Å². The van der Waals surface area contributed by atoms with Crippen molar-refractivity contribution in [3.05, 3.63) is 121 Å². The summed E-state index contributed by atoms with van der Waals surface area (Å²) in [7, 11) is -2.73. The summed E-state index contributed by atoms with van der Waals surface area (Å²) in [6.07, 6.45) is 13.3. The standard InChI is InChI=1S/C31H43BN2O7.C20H26BNO3.C19H23BN2O6.C11H18ClNO4.ClH/c1-29(2,3)39-28(36)34-13-9-10-21(17-34)38-27(35)33-26(14-19-18-37-23-12-8-7-11-22(19)23)32-40-25-16-20-15-24(30(20,4)5)31(25,6)41-32;1-19(2)13-9-16(19)20(3)17(10-13)24-21(25-20)18(22)8-12-11-23-15-7-5-4-6-14(12)15;1-2-18(23)22-9-5-6-14(11-22)28-19(24)21-17(20(25)26)10-13-12-27-16-8-4-3-7-15(13)16;1-11(2,3)17-10(15)13-6-4-5-8(7-13)16-9(12)14;/h7-8,11-12,18,20-21,24-26H,9-10,13-17H2,1-6H3,(H,33,35);4-7,11,13,16-18H,8-10,22H2,1-3H3;2-4,7-8,12,14,17,25-26H,1,5-6,9-11H2,(H,21,24);8H,4-7H2,1-3H3;1H/t20-,21-,24-,25+,26-,31-;13-,16-,17+,18-,20-;14-,17-;8-;/m0000./s1. The number of hydrogen-bond acceptors (Lipinski definition) is 21. The Bertz CT molecular complexity index is 4300. The molecule has 0 unspecified atom stereocenters. The van der Waals surface area contributed by atoms with Gasteiger partial charge >= 0.3 is 51.2 Å². The maximum absolute atomic E-state index is 13.3. The van der Waals surface area contributed by atoms with E-state index in [4.69, 9.17) is 72.9 Å². The third-order valence-corrected chi connectivity index (χ3v) is 24.4. The molecule has 6 saturated carbocycles. The number of likely N-dealkylation sites (tertiary alicyclic amines) is 3. The molecule has 112 heavy (non-hydrogen) atoms. The zero-order chi connectivity index (χ0) is 79.7. The number of piperidine rings is 3. The van der Waals surface area contributed by atoms with E-state index >= 15 is 0 Å². The molecule has 608 valence electrons. The summed E-state index contributed by atoms with van der Waals surface area (Å²) >= 11 is 5.15. The lowest BCUT2D eigenvalue weighted by atomic mass is 9.43. The summed E-state index contributed by atoms with van der Waals surface area (Å²) in [4.78, 5) is 77.1. The van der Waals surface area contributed by atoms with E-state index in [0.717, 1.165) is 88.5 Å². The number of furan rings is 3. The van der Waals surface area contributed by atoms with E-state index in [1.54, 1.807) is 21.0 Å². The second kappa shape index (κ2) is 34.9. The predicted molar refractivity (Wildman–Crippen MR) is 426 cm³/mol. The van der Waals surface area contributed by atoms with Gasteiger partial charge in [-0.05, 0) is 214 Å². The second-order valence-corrected chi connectivity index (χ2v) is 35.2. The molecule has 0 radical (unpaired) electrons. The van der Waals surface area contributed by atoms with Gasteiger partial charge in [0.25, 0.3) is 0 Å². The smallest absolute Gasteiger partial charge is 0.464 e. The number of carbonyl (C=O) groups is 6. The van der Waals surface area contributed by atoms with Gasteiger partial charge in [0.05, 0.1) is 73.7 Å². The number of amides is 5. The molecule has 5 amide bonds. The number of fused-ring (bicyclic) bond motifs is 3. The Kier molecular flexibility index (Phi) is 26.6. The first-order chi connectivity index (χ1) is 52.5. The number of nitrogens with two attached hydrogens (primary N) is 1. The van der Waals surface area contributed by atoms with Crippen molar-refractivity contribution in [1.82, 2.24) is 25.3 Å². The first-order valence-corrected chi connectivity index (χ1v) is 39.7. The molecule has 8 heterocycles. The van der Waals surface area contributed by atoms with Crippen LogP contribution in [0.4, 0.5) is 24.0 Å². The van der Waals surface area contributed by atoms with Crippen LogP contribution < -0.4 is 16.4 Å². The lowest BCUT2D eigenvalue weighted by molar-refractivity contribution is -0.199. The summed E-state index contributed by atoms with van der Waals surface area (Å²) in [6.45, 7) is 31.0. The van der Waals surface area contributed by atoms with Crippen molar-refractivity contribution in [2.75, 3.05) is 39.3 Å². The highest BCUT2D eigenvalue weighted by molar-refractivity contribution is 6.61. The normalized spacial score (nSPS) is 27.3. The molecule has 26 nitrogen and oxygen atoms in total. The summed E-state index contributed by atoms with van der Waals surface area (Å²) in [6, 6.07) is 23.3. The van der Waals surface area contributed by atoms with Crippen molar-refractivity contribution >= 4 is 114 Å². The molecule has 0 spiro atoms. The summed E-state index contributed by atoms with van der Waals surface area (Å²) < 4.78 is 69.9. The van der Waals surface area contributed by atoms with Crippen LogP contribution in [0.15, 0.2) is 117 Å². The number of hydrogen-bond donors (Lipinski definition) is 5. The second-order valence-electron chi connectivity index (χ2n) is 34.9. The first-order valence-electron chi connectivity index (χ1n) is 39.3. The van der Waals surface area contributed by atoms with Crippen molar-refractivity contribution in [1.29, 1.82) is 0 Å². The average molecular weight is 1590 g/mol. The Balaban J connectivity index is 0.000000154. The fourth-order valence-corrected chi connectivity index (χ4v) is 18.3. The zero-order valence-corrected chi connectivity index (χ0v) is 68.1. The van der Waals surface area contributed by atoms with Crippen LogP contribution >= 0.6 is 24.0 Å². The van der Waals surface area contributed by atoms with Crippen LogP contribution in [-0.2, 0) is 66.4 Å². The van der Waals surface area contributed by atoms with E-state index in [9.17, 15) is 38.8 Å². The molecule has 11 aliphatic rings. The molecule has 3 aromatic carbocycles. The van der Waals surface area contributed by atoms with Crippen molar-refractivity contribution in [3.63, 3.8) is 0 Å². The predicted octanol–water partition coefficient (Wildman–Crippen LogP) is 13.7. The molecule has 5 aliphatic heterocycles. The molecule has 6 aromatic rings. The lowest BCUT2D eigenvalue weighted by Crippen LogP contribution is -2.65. The van der Waals surface area contributed by atoms with Gasteiger partial charge in [0.1, 0.15) is 46.3 Å². The number of halogens is 2. The van der Waals surface area contributed by atoms with Crippen LogP contribution in [0.3, 0.4) is 0 Å². The van der Waals surface area contributed by atoms with Crippen LogP contribution in [0.5, 0.6) is 0 Å². The molecular formula is C81H111B3Cl2N6O20. The van der Waals surface area contributed by atoms with E-state index in [1.165, 1.54) is 18.8 Å². The summed E-state index contributed by atoms with van der Waals surface area (Å²) in [5.41, 5.74) is 9.77. The van der Waals surface area contributed by atoms with Crippen molar-refractivity contribution in [2.45, 2.75) is 237 Å². The zero-order valence-electron chi connectivity index (χ0n) is 66.5. The largest absolute Gasteiger partial charge is 0.482 e. The Morgan fingerprint density at radius 2 is 0.982 bits per heavy atom. The van der Waals surface area contributed by atoms with E-state index in [1.807, 2.05) is 115 Å². The van der Waals surface area contributed by atoms with Crippen LogP contribution in [-0.4, -0.2) is 192 Å². The number of alkyl carbamates (subject to hydrolysis) is 2. The number of nitrogens with one attached hydrogen (secondary N) is 2. The maximum atomic E-state index is 13.3. The van der Waals surface area contributed by atoms with Gasteiger partial charge in [-0.2, -0.15) is 0 Å². The van der Waals surface area contributed by atoms with Gasteiger partial charge in [-0.1, -0.05) is 88.9 Å². The van der Waals surface area contributed by atoms with Gasteiger partial charge < -0.3 is 96.7 Å². The first kappa shape index (κ1) is 85.4. The molecule has 3 aromatic heterocycles. The maximum Gasteiger partial charge on any atom is 0.482 e. The van der Waals surface area contributed by atoms with Crippen LogP contribution in [0.25, 0.3) is 32.9 Å². The Labute approximate surface area is 667 Å². The van der Waals surface area contributed by atoms with Gasteiger partial charge in [-0.15, -0.1) is 12.4 Å². The topological polar surface area (TPSA) is 325 Å². The molecule has 4 bridgehead atoms. The minimum atomic E-state index is -1.77. The molecule has 6 N–H and O–H groups in total. The molecule has 11 fully saturated rings. The summed E-state index contributed by atoms with van der Waals surface area (Å²) in [5, 5.41) is 27.9. The van der Waals surface area contributed by atoms with Crippen molar-refractivity contribution in [2.24, 2.45) is 40.2 Å². The third-order valence-electron chi connectivity index (χ3n) is 24.3. The van der Waals surface area contributed by atoms with Crippen LogP contribution in [0.1, 0.15) is 164 Å². The molecule has 6 aliphatic carbocycles. The highest BCUT2D eigenvalue weighted by Crippen LogP contribution is 2.67. The van der Waals surface area contributed by atoms with Crippen LogP contribution in [0, 0.1) is 34.5 Å². The minimum Gasteiger partial charge on any atom is -0.464 e. The van der Waals surface area contributed by atoms with Crippen molar-refractivity contribution < 1.29 is 94.4 Å². The molecule has 5 saturated heterocycles. The Morgan fingerprint density at radius 3 is 1.41 bits per heavy atom. The lowest BCUT2D eigenvalue weighted by Gasteiger charge is -2.64. The quantitative estimate of drug-likeness (QED) is 0.0276. The van der Waals surface area contributed by atoms with E-state index in [-0.39, 0.29) is 85.9 Å². The molecule has 14 atom stereocenters. The van der Waals surface area contributed by atoms with Gasteiger partial charge in [0, 0.05) is 53.3 Å². The fraction of sp³-hybridized carbons (Fsp3) is 0.605. The SMILES string of the molecule is C=CC(=O)N1CCC[C@H](OC(=O)N[C@@H](Cc2coc3ccccc23)B(O)O)C1.CC(C)(C)OC(=O)N1CCC[C@H](OC(=O)Cl)C1.CC(C)(C)OC(=O)N1CCC[C@H](OC(=O)N[C@@H](Cc2coc3ccccc23)B2O[C@@H]3C[C@@H]4C[C@@H](C4(C)C)[C@]3(C)O2)C1.CC1(C)[C@@H]2C[C@H]3OB([C@@H](N)Cc4coc5ccccc45)O[C@@]3(C)[C@H]1C2.Cl. The number of ether oxygens (including phenoxy) is 5. The van der Waals surface area contributed by atoms with Gasteiger partial charge in [0.15, 0.2) is 0 Å². The number of rotatable bonds is 15. The molecular weight excluding hydrogens is 1480 g/mol. The minimum absolute atomic E-state index is 0. The monoisotopic (exact) mass is 1590 g/mol. The Hall–Kier alpha value is -7.47. The highest BCUT2D eigenvalue weighted by atomic mass is 35.5. The number of para-hydroxylation sites is 3. The number of benzene rings is 3. The number of carbonyl (C=O) groups excluding carboxylic acids is 6. The molecule has 17 rings (SSSR count). The Morgan fingerprint density at radius 1 is 0.589 bits per heavy atom. The van der Waals surface area contributed by atoms with Gasteiger partial charge in [0.2, 0.25) is 5.91 Å². The fourth-order valence-electron chi connectivity index (χ4n) is 18.2. The van der Waals surface area contributed by atoms with Crippen molar-refractivity contribution in [3.8, 4) is 0 Å². The van der Waals surface area contributed by atoms with E-state index < -0.39 is 72.7 Å². The van der Waals surface area contributed by atoms with E-state index in [0.29, 0.717) is 93.6 Å². The average Bonchev–Trinajstić information content (AvgIpc) is 1.14. The van der Waals surface area contributed by atoms with Crippen LogP contribution in [0.2, 0.25) is 0 Å². The molecule has 31 heteroatoms. The summed E-state index contributed by atoms with van der Waals surface area (Å²) in [5.74, 6) is 0.504. The highest BCUT2D eigenvalue weighted by Gasteiger charge is 2.70. The van der Waals surface area contributed by atoms with Gasteiger partial charge in [-0.3, -0.25) is 4.79 Å².